The summed E-state index contributed by atoms with van der Waals surface area (Å²) in [4.78, 5) is 0. The quantitative estimate of drug-likeness (QED) is 0.807. The molecule has 0 radical (unpaired) electrons. The van der Waals surface area contributed by atoms with Gasteiger partial charge >= 0.3 is 0 Å². The second kappa shape index (κ2) is 5.27. The minimum absolute atomic E-state index is 0.236. The van der Waals surface area contributed by atoms with Gasteiger partial charge in [0.2, 0.25) is 5.13 Å². The molecule has 0 saturated carbocycles. The summed E-state index contributed by atoms with van der Waals surface area (Å²) in [5.41, 5.74) is 5.21. The van der Waals surface area contributed by atoms with E-state index in [0.29, 0.717) is 16.9 Å². The van der Waals surface area contributed by atoms with Crippen LogP contribution < -0.4 is 10.5 Å². The van der Waals surface area contributed by atoms with E-state index in [9.17, 15) is 0 Å². The molecule has 2 N–H and O–H groups in total. The number of hydrogen-bond acceptors (Lipinski definition) is 6. The number of nitrogens with zero attached hydrogens (tertiary/aromatic N) is 2. The highest BCUT2D eigenvalue weighted by atomic mass is 32.1. The lowest BCUT2D eigenvalue weighted by atomic mass is 9.98. The molecule has 0 atom stereocenters. The summed E-state index contributed by atoms with van der Waals surface area (Å²) < 4.78 is 11.0. The summed E-state index contributed by atoms with van der Waals surface area (Å²) >= 11 is 1.24. The number of nitrogen functional groups attached to an aromatic ring is 1. The largest absolute Gasteiger partial charge is 0.466 e. The second-order valence-electron chi connectivity index (χ2n) is 3.29. The van der Waals surface area contributed by atoms with Crippen LogP contribution in [0.15, 0.2) is 0 Å². The molecular weight excluding hydrogens is 214 g/mol. The number of aromatic nitrogens is 2. The Hall–Kier alpha value is -0.880. The number of hydrogen-bond donors (Lipinski definition) is 1. The maximum absolute atomic E-state index is 5.50. The molecule has 1 rings (SSSR count). The zero-order valence-electron chi connectivity index (χ0n) is 9.32. The third-order valence-electron chi connectivity index (χ3n) is 2.60. The highest BCUT2D eigenvalue weighted by Crippen LogP contribution is 2.24. The molecule has 1 heterocycles. The molecule has 5 nitrogen and oxygen atoms in total. The molecule has 15 heavy (non-hydrogen) atoms. The minimum Gasteiger partial charge on any atom is -0.466 e. The molecule has 1 aromatic heterocycles. The van der Waals surface area contributed by atoms with Gasteiger partial charge in [0.1, 0.15) is 12.2 Å². The summed E-state index contributed by atoms with van der Waals surface area (Å²) in [5, 5.41) is 8.38. The zero-order valence-corrected chi connectivity index (χ0v) is 10.1. The Morgan fingerprint density at radius 3 is 2.40 bits per heavy atom. The lowest BCUT2D eigenvalue weighted by Gasteiger charge is -2.29. The van der Waals surface area contributed by atoms with Gasteiger partial charge in [-0.25, -0.2) is 0 Å². The molecular formula is C9H17N3O2S. The van der Waals surface area contributed by atoms with Gasteiger partial charge in [0.15, 0.2) is 0 Å². The molecule has 0 aliphatic heterocycles. The lowest BCUT2D eigenvalue weighted by Crippen LogP contribution is -2.36. The van der Waals surface area contributed by atoms with Gasteiger partial charge in [-0.05, 0) is 24.2 Å². The Morgan fingerprint density at radius 2 is 2.00 bits per heavy atom. The lowest BCUT2D eigenvalue weighted by molar-refractivity contribution is -0.0497. The van der Waals surface area contributed by atoms with E-state index >= 15 is 0 Å². The second-order valence-corrected chi connectivity index (χ2v) is 4.26. The third kappa shape index (κ3) is 3.04. The molecule has 0 fully saturated rings. The van der Waals surface area contributed by atoms with Gasteiger partial charge in [-0.1, -0.05) is 18.9 Å². The molecule has 0 aliphatic carbocycles. The normalized spacial score (nSPS) is 11.7. The summed E-state index contributed by atoms with van der Waals surface area (Å²) in [6.07, 6.45) is 1.79. The molecule has 0 saturated heterocycles. The Kier molecular flexibility index (Phi) is 4.28. The van der Waals surface area contributed by atoms with Crippen LogP contribution in [0.25, 0.3) is 0 Å². The monoisotopic (exact) mass is 231 g/mol. The smallest absolute Gasteiger partial charge is 0.295 e. The molecule has 86 valence electrons. The molecule has 0 spiro atoms. The van der Waals surface area contributed by atoms with Crippen molar-refractivity contribution in [1.29, 1.82) is 0 Å². The number of methoxy groups -OCH3 is 1. The predicted molar refractivity (Wildman–Crippen MR) is 60.1 cm³/mol. The van der Waals surface area contributed by atoms with E-state index in [4.69, 9.17) is 15.2 Å². The van der Waals surface area contributed by atoms with Crippen molar-refractivity contribution < 1.29 is 9.47 Å². The topological polar surface area (TPSA) is 70.3 Å². The zero-order chi connectivity index (χ0) is 11.3. The van der Waals surface area contributed by atoms with Gasteiger partial charge < -0.3 is 15.2 Å². The van der Waals surface area contributed by atoms with Crippen molar-refractivity contribution >= 4 is 16.5 Å². The first kappa shape index (κ1) is 12.2. The van der Waals surface area contributed by atoms with Gasteiger partial charge in [-0.3, -0.25) is 0 Å². The van der Waals surface area contributed by atoms with Crippen molar-refractivity contribution in [2.75, 3.05) is 19.5 Å². The fraction of sp³-hybridized carbons (Fsp3) is 0.778. The van der Waals surface area contributed by atoms with Crippen molar-refractivity contribution in [3.63, 3.8) is 0 Å². The van der Waals surface area contributed by atoms with Crippen LogP contribution >= 0.6 is 11.3 Å². The fourth-order valence-corrected chi connectivity index (χ4v) is 1.73. The van der Waals surface area contributed by atoms with Crippen LogP contribution in [-0.2, 0) is 4.74 Å². The molecule has 0 bridgehead atoms. The first-order valence-electron chi connectivity index (χ1n) is 4.92. The average molecular weight is 231 g/mol. The Labute approximate surface area is 93.6 Å². The number of nitrogens with two attached hydrogens (primary N) is 1. The Balaban J connectivity index is 2.54. The van der Waals surface area contributed by atoms with Crippen molar-refractivity contribution in [3.05, 3.63) is 0 Å². The van der Waals surface area contributed by atoms with Gasteiger partial charge in [0.05, 0.1) is 0 Å². The predicted octanol–water partition coefficient (Wildman–Crippen LogP) is 1.70. The summed E-state index contributed by atoms with van der Waals surface area (Å²) in [6, 6.07) is 0. The maximum atomic E-state index is 5.50. The molecule has 0 unspecified atom stereocenters. The molecule has 0 aromatic carbocycles. The van der Waals surface area contributed by atoms with Crippen LogP contribution in [0.5, 0.6) is 5.19 Å². The van der Waals surface area contributed by atoms with E-state index in [1.54, 1.807) is 7.11 Å². The van der Waals surface area contributed by atoms with Crippen LogP contribution in [0.1, 0.15) is 26.7 Å². The fourth-order valence-electron chi connectivity index (χ4n) is 1.27. The van der Waals surface area contributed by atoms with E-state index in [1.165, 1.54) is 11.3 Å². The highest BCUT2D eigenvalue weighted by Gasteiger charge is 2.27. The SMILES string of the molecule is CCC(CC)(COc1nnc(N)s1)OC. The van der Waals surface area contributed by atoms with Crippen molar-refractivity contribution in [2.24, 2.45) is 0 Å². The molecule has 6 heteroatoms. The van der Waals surface area contributed by atoms with Crippen LogP contribution in [-0.4, -0.2) is 29.5 Å². The molecule has 0 aliphatic rings. The molecule has 0 amide bonds. The van der Waals surface area contributed by atoms with Gasteiger partial charge in [-0.2, -0.15) is 0 Å². The average Bonchev–Trinajstić information content (AvgIpc) is 2.67. The van der Waals surface area contributed by atoms with Crippen molar-refractivity contribution in [3.8, 4) is 5.19 Å². The van der Waals surface area contributed by atoms with Crippen LogP contribution in [0.3, 0.4) is 0 Å². The minimum atomic E-state index is -0.236. The maximum Gasteiger partial charge on any atom is 0.295 e. The van der Waals surface area contributed by atoms with Crippen LogP contribution in [0, 0.1) is 0 Å². The summed E-state index contributed by atoms with van der Waals surface area (Å²) in [7, 11) is 1.70. The third-order valence-corrected chi connectivity index (χ3v) is 3.27. The summed E-state index contributed by atoms with van der Waals surface area (Å²) in [6.45, 7) is 4.63. The first-order chi connectivity index (χ1) is 7.15. The number of ether oxygens (including phenoxy) is 2. The van der Waals surface area contributed by atoms with E-state index in [1.807, 2.05) is 0 Å². The van der Waals surface area contributed by atoms with Crippen molar-refractivity contribution in [1.82, 2.24) is 10.2 Å². The van der Waals surface area contributed by atoms with E-state index < -0.39 is 0 Å². The number of anilines is 1. The standard InChI is InChI=1S/C9H17N3O2S/c1-4-9(5-2,13-3)6-14-8-12-11-7(10)15-8/h4-6H2,1-3H3,(H2,10,11). The molecule has 1 aromatic rings. The van der Waals surface area contributed by atoms with E-state index in [0.717, 1.165) is 12.8 Å². The Morgan fingerprint density at radius 1 is 1.33 bits per heavy atom. The van der Waals surface area contributed by atoms with E-state index in [2.05, 4.69) is 24.0 Å². The van der Waals surface area contributed by atoms with Crippen molar-refractivity contribution in [2.45, 2.75) is 32.3 Å². The Bertz CT molecular complexity index is 291. The summed E-state index contributed by atoms with van der Waals surface area (Å²) in [5.74, 6) is 0. The van der Waals surface area contributed by atoms with Crippen LogP contribution in [0.4, 0.5) is 5.13 Å². The van der Waals surface area contributed by atoms with Crippen LogP contribution in [0.2, 0.25) is 0 Å². The van der Waals surface area contributed by atoms with Gasteiger partial charge in [0, 0.05) is 7.11 Å². The first-order valence-corrected chi connectivity index (χ1v) is 5.74. The van der Waals surface area contributed by atoms with Gasteiger partial charge in [0.25, 0.3) is 5.19 Å². The highest BCUT2D eigenvalue weighted by molar-refractivity contribution is 7.16. The van der Waals surface area contributed by atoms with E-state index in [-0.39, 0.29) is 5.60 Å². The van der Waals surface area contributed by atoms with Gasteiger partial charge in [-0.15, -0.1) is 5.10 Å². The number of rotatable bonds is 6.